The van der Waals surface area contributed by atoms with Crippen LogP contribution in [0.15, 0.2) is 24.3 Å². The van der Waals surface area contributed by atoms with Crippen LogP contribution in [0.2, 0.25) is 0 Å². The molecule has 132 valence electrons. The van der Waals surface area contributed by atoms with Crippen molar-refractivity contribution >= 4 is 15.7 Å². The third kappa shape index (κ3) is 4.18. The van der Waals surface area contributed by atoms with Gasteiger partial charge < -0.3 is 5.32 Å². The number of hydrogen-bond donors (Lipinski definition) is 1. The Kier molecular flexibility index (Phi) is 5.28. The van der Waals surface area contributed by atoms with E-state index in [4.69, 9.17) is 0 Å². The summed E-state index contributed by atoms with van der Waals surface area (Å²) in [5.74, 6) is 0.488. The third-order valence-corrected chi connectivity index (χ3v) is 7.19. The number of sulfone groups is 1. The van der Waals surface area contributed by atoms with E-state index in [1.165, 1.54) is 24.8 Å². The van der Waals surface area contributed by atoms with Gasteiger partial charge in [-0.2, -0.15) is 0 Å². The van der Waals surface area contributed by atoms with E-state index in [1.54, 1.807) is 0 Å². The Balaban J connectivity index is 1.78. The van der Waals surface area contributed by atoms with Crippen LogP contribution in [0.5, 0.6) is 0 Å². The van der Waals surface area contributed by atoms with Gasteiger partial charge in [-0.25, -0.2) is 8.42 Å². The molecule has 2 unspecified atom stereocenters. The van der Waals surface area contributed by atoms with Crippen LogP contribution in [0.3, 0.4) is 0 Å². The number of rotatable bonds is 4. The van der Waals surface area contributed by atoms with Crippen LogP contribution in [-0.4, -0.2) is 31.9 Å². The first-order valence-corrected chi connectivity index (χ1v) is 10.8. The summed E-state index contributed by atoms with van der Waals surface area (Å²) in [6.45, 7) is 2.04. The van der Waals surface area contributed by atoms with Crippen molar-refractivity contribution in [3.05, 3.63) is 35.4 Å². The van der Waals surface area contributed by atoms with Gasteiger partial charge in [-0.15, -0.1) is 0 Å². The van der Waals surface area contributed by atoms with Gasteiger partial charge in [0.25, 0.3) is 0 Å². The maximum absolute atomic E-state index is 13.0. The molecule has 5 heteroatoms. The number of carbonyl (C=O) groups excluding carboxylic acids is 1. The molecule has 24 heavy (non-hydrogen) atoms. The Morgan fingerprint density at radius 2 is 1.75 bits per heavy atom. The minimum absolute atomic E-state index is 0.00727. The molecule has 2 aliphatic rings. The average molecular weight is 349 g/mol. The normalized spacial score (nSPS) is 25.3. The highest BCUT2D eigenvalue weighted by atomic mass is 32.2. The molecule has 2 atom stereocenters. The minimum Gasteiger partial charge on any atom is -0.352 e. The second-order valence-corrected chi connectivity index (χ2v) is 9.62. The van der Waals surface area contributed by atoms with E-state index in [1.807, 2.05) is 6.92 Å². The van der Waals surface area contributed by atoms with Crippen molar-refractivity contribution < 1.29 is 13.2 Å². The van der Waals surface area contributed by atoms with Crippen LogP contribution in [0.4, 0.5) is 0 Å². The van der Waals surface area contributed by atoms with Gasteiger partial charge in [0.15, 0.2) is 9.84 Å². The number of carbonyl (C=O) groups is 1. The van der Waals surface area contributed by atoms with Crippen molar-refractivity contribution in [1.29, 1.82) is 0 Å². The molecule has 2 fully saturated rings. The molecular weight excluding hydrogens is 322 g/mol. The molecule has 1 saturated heterocycles. The van der Waals surface area contributed by atoms with E-state index in [0.29, 0.717) is 12.3 Å². The Morgan fingerprint density at radius 3 is 2.33 bits per heavy atom. The Hall–Kier alpha value is -1.36. The van der Waals surface area contributed by atoms with Crippen LogP contribution < -0.4 is 5.32 Å². The van der Waals surface area contributed by atoms with Crippen LogP contribution >= 0.6 is 0 Å². The van der Waals surface area contributed by atoms with Crippen LogP contribution in [0.1, 0.15) is 55.6 Å². The molecule has 0 bridgehead atoms. The number of amides is 1. The first-order valence-electron chi connectivity index (χ1n) is 9.02. The molecule has 0 spiro atoms. The number of aryl methyl sites for hydroxylation is 1. The zero-order chi connectivity index (χ0) is 17.2. The summed E-state index contributed by atoms with van der Waals surface area (Å²) in [7, 11) is -2.98. The monoisotopic (exact) mass is 349 g/mol. The zero-order valence-corrected chi connectivity index (χ0v) is 15.1. The quantitative estimate of drug-likeness (QED) is 0.909. The van der Waals surface area contributed by atoms with Gasteiger partial charge in [0, 0.05) is 6.04 Å². The predicted molar refractivity (Wildman–Crippen MR) is 95.7 cm³/mol. The molecule has 1 aliphatic heterocycles. The first kappa shape index (κ1) is 17.5. The van der Waals surface area contributed by atoms with Gasteiger partial charge >= 0.3 is 0 Å². The Labute approximate surface area is 145 Å². The van der Waals surface area contributed by atoms with Crippen molar-refractivity contribution in [3.63, 3.8) is 0 Å². The number of benzene rings is 1. The second-order valence-electron chi connectivity index (χ2n) is 7.39. The Bertz CT molecular complexity index is 675. The summed E-state index contributed by atoms with van der Waals surface area (Å²) < 4.78 is 23.3. The summed E-state index contributed by atoms with van der Waals surface area (Å²) in [5.41, 5.74) is 2.24. The highest BCUT2D eigenvalue weighted by molar-refractivity contribution is 7.91. The number of hydrogen-bond acceptors (Lipinski definition) is 3. The van der Waals surface area contributed by atoms with Gasteiger partial charge in [0.2, 0.25) is 5.91 Å². The van der Waals surface area contributed by atoms with E-state index in [0.717, 1.165) is 18.4 Å². The van der Waals surface area contributed by atoms with E-state index < -0.39 is 9.84 Å². The van der Waals surface area contributed by atoms with Gasteiger partial charge in [-0.1, -0.05) is 49.1 Å². The molecule has 1 aliphatic carbocycles. The molecule has 1 heterocycles. The van der Waals surface area contributed by atoms with Crippen molar-refractivity contribution in [2.75, 3.05) is 11.5 Å². The SMILES string of the molecule is Cc1ccc(C(C(=O)NC2CCS(=O)(=O)C2)C2CCCCC2)cc1. The van der Waals surface area contributed by atoms with Crippen LogP contribution in [0.25, 0.3) is 0 Å². The lowest BCUT2D eigenvalue weighted by Gasteiger charge is -2.30. The summed E-state index contributed by atoms with van der Waals surface area (Å²) in [4.78, 5) is 13.0. The molecule has 1 aromatic rings. The van der Waals surface area contributed by atoms with Crippen molar-refractivity contribution in [3.8, 4) is 0 Å². The fraction of sp³-hybridized carbons (Fsp3) is 0.632. The second kappa shape index (κ2) is 7.26. The summed E-state index contributed by atoms with van der Waals surface area (Å²) in [6, 6.07) is 8.00. The van der Waals surface area contributed by atoms with E-state index in [9.17, 15) is 13.2 Å². The Morgan fingerprint density at radius 1 is 1.08 bits per heavy atom. The lowest BCUT2D eigenvalue weighted by Crippen LogP contribution is -2.41. The van der Waals surface area contributed by atoms with Gasteiger partial charge in [0.1, 0.15) is 0 Å². The van der Waals surface area contributed by atoms with Gasteiger partial charge in [-0.05, 0) is 37.7 Å². The summed E-state index contributed by atoms with van der Waals surface area (Å²) >= 11 is 0. The zero-order valence-electron chi connectivity index (χ0n) is 14.3. The molecule has 4 nitrogen and oxygen atoms in total. The van der Waals surface area contributed by atoms with Crippen LogP contribution in [-0.2, 0) is 14.6 Å². The molecule has 3 rings (SSSR count). The molecule has 1 N–H and O–H groups in total. The minimum atomic E-state index is -2.98. The van der Waals surface area contributed by atoms with Crippen molar-refractivity contribution in [2.45, 2.75) is 57.4 Å². The lowest BCUT2D eigenvalue weighted by molar-refractivity contribution is -0.124. The molecule has 1 amide bonds. The molecule has 1 aromatic carbocycles. The van der Waals surface area contributed by atoms with Crippen molar-refractivity contribution in [2.24, 2.45) is 5.92 Å². The maximum Gasteiger partial charge on any atom is 0.228 e. The van der Waals surface area contributed by atoms with E-state index in [-0.39, 0.29) is 29.4 Å². The molecule has 0 aromatic heterocycles. The van der Waals surface area contributed by atoms with Crippen LogP contribution in [0, 0.1) is 12.8 Å². The lowest BCUT2D eigenvalue weighted by atomic mass is 9.76. The summed E-state index contributed by atoms with van der Waals surface area (Å²) in [6.07, 6.45) is 6.30. The van der Waals surface area contributed by atoms with E-state index in [2.05, 4.69) is 29.6 Å². The third-order valence-electron chi connectivity index (χ3n) is 5.42. The molecule has 1 saturated carbocycles. The number of nitrogens with one attached hydrogen (secondary N) is 1. The van der Waals surface area contributed by atoms with Gasteiger partial charge in [0.05, 0.1) is 17.4 Å². The largest absolute Gasteiger partial charge is 0.352 e. The fourth-order valence-electron chi connectivity index (χ4n) is 4.08. The highest BCUT2D eigenvalue weighted by Gasteiger charge is 2.35. The average Bonchev–Trinajstić information content (AvgIpc) is 2.89. The fourth-order valence-corrected chi connectivity index (χ4v) is 5.75. The maximum atomic E-state index is 13.0. The van der Waals surface area contributed by atoms with Gasteiger partial charge in [-0.3, -0.25) is 4.79 Å². The highest BCUT2D eigenvalue weighted by Crippen LogP contribution is 2.36. The first-order chi connectivity index (χ1) is 11.4. The van der Waals surface area contributed by atoms with Crippen molar-refractivity contribution in [1.82, 2.24) is 5.32 Å². The molecule has 0 radical (unpaired) electrons. The summed E-state index contributed by atoms with van der Waals surface area (Å²) in [5, 5.41) is 3.03. The smallest absolute Gasteiger partial charge is 0.228 e. The predicted octanol–water partition coefficient (Wildman–Crippen LogP) is 2.96. The topological polar surface area (TPSA) is 63.2 Å². The molecular formula is C19H27NO3S. The van der Waals surface area contributed by atoms with E-state index >= 15 is 0 Å². The standard InChI is InChI=1S/C19H27NO3S/c1-14-7-9-16(10-8-14)18(15-5-3-2-4-6-15)19(21)20-17-11-12-24(22,23)13-17/h7-10,15,17-18H,2-6,11-13H2,1H3,(H,20,21).